The number of hydrogen-bond donors (Lipinski definition) is 0. The van der Waals surface area contributed by atoms with Gasteiger partial charge in [0.05, 0.1) is 13.0 Å². The highest BCUT2D eigenvalue weighted by atomic mass is 16.6. The summed E-state index contributed by atoms with van der Waals surface area (Å²) in [5.74, 6) is -0.428. The minimum Gasteiger partial charge on any atom is -0.466 e. The zero-order valence-corrected chi connectivity index (χ0v) is 24.2. The molecule has 2 amide bonds. The van der Waals surface area contributed by atoms with E-state index in [2.05, 4.69) is 0 Å². The normalized spacial score (nSPS) is 17.8. The SMILES string of the molecule is CC(C)(C)OC(=O)N1CCC([N+](=O)[O-])CC1.CCOC(=O)CCC1([N+](=O)[O-])CCN(C(=O)OC(C)(C)C)CC1. The van der Waals surface area contributed by atoms with Gasteiger partial charge < -0.3 is 24.0 Å². The quantitative estimate of drug-likeness (QED) is 0.200. The summed E-state index contributed by atoms with van der Waals surface area (Å²) in [7, 11) is 0. The third-order valence-corrected chi connectivity index (χ3v) is 6.25. The van der Waals surface area contributed by atoms with Gasteiger partial charge in [0.2, 0.25) is 11.6 Å². The molecule has 0 saturated carbocycles. The number of rotatable bonds is 6. The molecule has 0 spiro atoms. The number of amides is 2. The highest BCUT2D eigenvalue weighted by Crippen LogP contribution is 2.31. The minimum absolute atomic E-state index is 0.0151. The van der Waals surface area contributed by atoms with Crippen molar-refractivity contribution in [2.24, 2.45) is 0 Å². The number of nitro groups is 2. The van der Waals surface area contributed by atoms with E-state index >= 15 is 0 Å². The molecule has 224 valence electrons. The van der Waals surface area contributed by atoms with E-state index in [0.29, 0.717) is 25.9 Å². The van der Waals surface area contributed by atoms with Gasteiger partial charge in [0, 0.05) is 68.1 Å². The van der Waals surface area contributed by atoms with Gasteiger partial charge in [-0.15, -0.1) is 0 Å². The fourth-order valence-electron chi connectivity index (χ4n) is 4.11. The van der Waals surface area contributed by atoms with Crippen molar-refractivity contribution < 1.29 is 38.4 Å². The van der Waals surface area contributed by atoms with Gasteiger partial charge in [0.25, 0.3) is 0 Å². The van der Waals surface area contributed by atoms with Crippen LogP contribution < -0.4 is 0 Å². The predicted molar refractivity (Wildman–Crippen MR) is 140 cm³/mol. The van der Waals surface area contributed by atoms with Gasteiger partial charge in [-0.25, -0.2) is 9.59 Å². The summed E-state index contributed by atoms with van der Waals surface area (Å²) < 4.78 is 15.3. The summed E-state index contributed by atoms with van der Waals surface area (Å²) in [6.07, 6.45) is 0.534. The monoisotopic (exact) mass is 560 g/mol. The van der Waals surface area contributed by atoms with Crippen molar-refractivity contribution in [3.05, 3.63) is 20.2 Å². The van der Waals surface area contributed by atoms with Gasteiger partial charge >= 0.3 is 18.2 Å². The Morgan fingerprint density at radius 2 is 1.28 bits per heavy atom. The molecule has 0 aromatic heterocycles. The van der Waals surface area contributed by atoms with E-state index in [1.54, 1.807) is 48.5 Å². The molecular weight excluding hydrogens is 516 g/mol. The Bertz CT molecular complexity index is 865. The zero-order valence-electron chi connectivity index (χ0n) is 24.2. The van der Waals surface area contributed by atoms with Crippen LogP contribution in [0, 0.1) is 20.2 Å². The molecule has 2 heterocycles. The molecular formula is C25H44N4O10. The van der Waals surface area contributed by atoms with Gasteiger partial charge in [-0.3, -0.25) is 25.0 Å². The van der Waals surface area contributed by atoms with E-state index in [1.807, 2.05) is 0 Å². The highest BCUT2D eigenvalue weighted by Gasteiger charge is 2.47. The van der Waals surface area contributed by atoms with Gasteiger partial charge in [-0.2, -0.15) is 0 Å². The first-order valence-electron chi connectivity index (χ1n) is 13.3. The average molecular weight is 561 g/mol. The Hall–Kier alpha value is -3.19. The average Bonchev–Trinajstić information content (AvgIpc) is 2.81. The van der Waals surface area contributed by atoms with Crippen LogP contribution in [-0.2, 0) is 19.0 Å². The van der Waals surface area contributed by atoms with E-state index in [0.717, 1.165) is 0 Å². The first-order chi connectivity index (χ1) is 17.9. The molecule has 2 saturated heterocycles. The number of esters is 1. The van der Waals surface area contributed by atoms with E-state index in [1.165, 1.54) is 9.80 Å². The zero-order chi connectivity index (χ0) is 30.0. The summed E-state index contributed by atoms with van der Waals surface area (Å²) in [5, 5.41) is 22.0. The number of carbonyl (C=O) groups excluding carboxylic acids is 3. The fourth-order valence-corrected chi connectivity index (χ4v) is 4.11. The van der Waals surface area contributed by atoms with Crippen molar-refractivity contribution in [1.82, 2.24) is 9.80 Å². The summed E-state index contributed by atoms with van der Waals surface area (Å²) in [5.41, 5.74) is -2.29. The first-order valence-corrected chi connectivity index (χ1v) is 13.3. The predicted octanol–water partition coefficient (Wildman–Crippen LogP) is 4.04. The molecule has 0 radical (unpaired) electrons. The van der Waals surface area contributed by atoms with Crippen molar-refractivity contribution in [3.8, 4) is 0 Å². The topological polar surface area (TPSA) is 172 Å². The smallest absolute Gasteiger partial charge is 0.410 e. The maximum atomic E-state index is 12.0. The molecule has 14 nitrogen and oxygen atoms in total. The van der Waals surface area contributed by atoms with Crippen molar-refractivity contribution in [1.29, 1.82) is 0 Å². The summed E-state index contributed by atoms with van der Waals surface area (Å²) in [4.78, 5) is 59.5. The van der Waals surface area contributed by atoms with E-state index in [-0.39, 0.29) is 61.3 Å². The number of piperidine rings is 2. The molecule has 2 fully saturated rings. The fraction of sp³-hybridized carbons (Fsp3) is 0.880. The maximum Gasteiger partial charge on any atom is 0.410 e. The molecule has 39 heavy (non-hydrogen) atoms. The molecule has 0 aromatic carbocycles. The Morgan fingerprint density at radius 1 is 0.846 bits per heavy atom. The molecule has 2 rings (SSSR count). The van der Waals surface area contributed by atoms with E-state index in [4.69, 9.17) is 14.2 Å². The van der Waals surface area contributed by atoms with Crippen molar-refractivity contribution >= 4 is 18.2 Å². The van der Waals surface area contributed by atoms with E-state index in [9.17, 15) is 34.6 Å². The second-order valence-corrected chi connectivity index (χ2v) is 11.7. The summed E-state index contributed by atoms with van der Waals surface area (Å²) in [6, 6.07) is -0.515. The van der Waals surface area contributed by atoms with Crippen molar-refractivity contribution in [2.45, 2.75) is 110 Å². The number of carbonyl (C=O) groups is 3. The van der Waals surface area contributed by atoms with Crippen LogP contribution in [0.5, 0.6) is 0 Å². The lowest BCUT2D eigenvalue weighted by Crippen LogP contribution is -2.51. The molecule has 0 aromatic rings. The van der Waals surface area contributed by atoms with Crippen molar-refractivity contribution in [2.75, 3.05) is 32.8 Å². The maximum absolute atomic E-state index is 12.0. The molecule has 0 bridgehead atoms. The van der Waals surface area contributed by atoms with Crippen molar-refractivity contribution in [3.63, 3.8) is 0 Å². The minimum atomic E-state index is -1.18. The number of likely N-dealkylation sites (tertiary alicyclic amines) is 2. The van der Waals surface area contributed by atoms with Crippen LogP contribution in [0.1, 0.15) is 87.0 Å². The standard InChI is InChI=1S/C15H26N2O6.C10H18N2O4/c1-5-22-12(18)6-7-15(17(20)21)8-10-16(11-9-15)13(19)23-14(2,3)4;1-10(2,3)16-9(13)11-6-4-8(5-7-11)12(14)15/h5-11H2,1-4H3;8H,4-7H2,1-3H3. The van der Waals surface area contributed by atoms with Gasteiger partial charge in [-0.05, 0) is 48.5 Å². The first kappa shape index (κ1) is 33.8. The molecule has 0 aliphatic carbocycles. The number of hydrogen-bond acceptors (Lipinski definition) is 10. The highest BCUT2D eigenvalue weighted by molar-refractivity contribution is 5.70. The Balaban J connectivity index is 0.000000416. The van der Waals surface area contributed by atoms with Gasteiger partial charge in [0.15, 0.2) is 0 Å². The Kier molecular flexibility index (Phi) is 12.4. The lowest BCUT2D eigenvalue weighted by Gasteiger charge is -2.36. The van der Waals surface area contributed by atoms with Crippen LogP contribution in [-0.4, -0.2) is 93.4 Å². The van der Waals surface area contributed by atoms with Crippen LogP contribution in [0.15, 0.2) is 0 Å². The van der Waals surface area contributed by atoms with Crippen LogP contribution in [0.3, 0.4) is 0 Å². The van der Waals surface area contributed by atoms with Crippen LogP contribution in [0.25, 0.3) is 0 Å². The summed E-state index contributed by atoms with van der Waals surface area (Å²) in [6.45, 7) is 14.0. The third-order valence-electron chi connectivity index (χ3n) is 6.25. The third kappa shape index (κ3) is 12.0. The molecule has 2 aliphatic heterocycles. The van der Waals surface area contributed by atoms with Gasteiger partial charge in [0.1, 0.15) is 11.2 Å². The molecule has 0 N–H and O–H groups in total. The summed E-state index contributed by atoms with van der Waals surface area (Å²) >= 11 is 0. The van der Waals surface area contributed by atoms with Crippen LogP contribution >= 0.6 is 0 Å². The Labute approximate surface area is 229 Å². The number of nitrogens with zero attached hydrogens (tertiary/aromatic N) is 4. The molecule has 0 unspecified atom stereocenters. The lowest BCUT2D eigenvalue weighted by atomic mass is 9.84. The second kappa shape index (κ2) is 14.3. The van der Waals surface area contributed by atoms with Crippen LogP contribution in [0.2, 0.25) is 0 Å². The second-order valence-electron chi connectivity index (χ2n) is 11.7. The largest absolute Gasteiger partial charge is 0.466 e. The van der Waals surface area contributed by atoms with Crippen LogP contribution in [0.4, 0.5) is 9.59 Å². The molecule has 2 aliphatic rings. The van der Waals surface area contributed by atoms with E-state index < -0.39 is 34.8 Å². The Morgan fingerprint density at radius 3 is 1.64 bits per heavy atom. The van der Waals surface area contributed by atoms with Gasteiger partial charge in [-0.1, -0.05) is 0 Å². The molecule has 0 atom stereocenters. The number of ether oxygens (including phenoxy) is 3. The molecule has 14 heteroatoms. The lowest BCUT2D eigenvalue weighted by molar-refractivity contribution is -0.576.